The van der Waals surface area contributed by atoms with E-state index in [0.717, 1.165) is 64.2 Å². The molecule has 2 fully saturated rings. The van der Waals surface area contributed by atoms with Crippen LogP contribution < -0.4 is 15.1 Å². The molecule has 0 saturated carbocycles. The van der Waals surface area contributed by atoms with Crippen LogP contribution in [0.4, 0.5) is 21.6 Å². The quantitative estimate of drug-likeness (QED) is 0.186. The van der Waals surface area contributed by atoms with Gasteiger partial charge in [0.1, 0.15) is 17.3 Å². The van der Waals surface area contributed by atoms with Gasteiger partial charge in [0.25, 0.3) is 5.91 Å². The number of aliphatic hydroxyl groups excluding tert-OH is 1. The molecule has 0 spiro atoms. The van der Waals surface area contributed by atoms with Gasteiger partial charge in [0.2, 0.25) is 0 Å². The molecule has 0 radical (unpaired) electrons. The van der Waals surface area contributed by atoms with E-state index in [4.69, 9.17) is 4.74 Å². The molecule has 1 atom stereocenters. The molecule has 50 heavy (non-hydrogen) atoms. The number of allylic oxidation sites excluding steroid dienone is 3. The van der Waals surface area contributed by atoms with Crippen LogP contribution in [0.5, 0.6) is 0 Å². The highest BCUT2D eigenvalue weighted by Gasteiger charge is 2.34. The minimum absolute atomic E-state index is 0.204. The number of anilines is 3. The molecular formula is C38H46FN7O4. The third-order valence-corrected chi connectivity index (χ3v) is 10.4. The van der Waals surface area contributed by atoms with E-state index in [9.17, 15) is 14.7 Å². The van der Waals surface area contributed by atoms with Crippen LogP contribution in [0.25, 0.3) is 5.57 Å². The molecule has 5 heterocycles. The first-order valence-corrected chi connectivity index (χ1v) is 17.6. The summed E-state index contributed by atoms with van der Waals surface area (Å²) in [6.07, 6.45) is 10.00. The molecule has 1 aromatic carbocycles. The lowest BCUT2D eigenvalue weighted by molar-refractivity contribution is -0.104. The maximum absolute atomic E-state index is 15.5. The maximum atomic E-state index is 15.5. The Labute approximate surface area is 292 Å². The van der Waals surface area contributed by atoms with E-state index in [0.29, 0.717) is 65.4 Å². The second kappa shape index (κ2) is 14.4. The summed E-state index contributed by atoms with van der Waals surface area (Å²) < 4.78 is 23.0. The molecule has 1 aliphatic carbocycles. The highest BCUT2D eigenvalue weighted by molar-refractivity contribution is 6.07. The van der Waals surface area contributed by atoms with Crippen molar-refractivity contribution >= 4 is 35.0 Å². The predicted molar refractivity (Wildman–Crippen MR) is 192 cm³/mol. The van der Waals surface area contributed by atoms with Gasteiger partial charge in [-0.2, -0.15) is 0 Å². The van der Waals surface area contributed by atoms with Gasteiger partial charge in [0, 0.05) is 75.9 Å². The van der Waals surface area contributed by atoms with E-state index < -0.39 is 12.4 Å². The summed E-state index contributed by atoms with van der Waals surface area (Å²) in [6, 6.07) is 9.38. The van der Waals surface area contributed by atoms with E-state index in [1.807, 2.05) is 32.3 Å². The number of aromatic nitrogens is 2. The first-order chi connectivity index (χ1) is 24.2. The van der Waals surface area contributed by atoms with Gasteiger partial charge in [-0.05, 0) is 80.1 Å². The van der Waals surface area contributed by atoms with Crippen LogP contribution in [-0.4, -0.2) is 102 Å². The number of ether oxygens (including phenoxy) is 1. The lowest BCUT2D eigenvalue weighted by atomic mass is 9.96. The molecule has 11 nitrogen and oxygen atoms in total. The molecule has 2 N–H and O–H groups in total. The summed E-state index contributed by atoms with van der Waals surface area (Å²) in [5.41, 5.74) is 5.86. The zero-order valence-electron chi connectivity index (χ0n) is 29.1. The van der Waals surface area contributed by atoms with E-state index in [1.54, 1.807) is 28.3 Å². The van der Waals surface area contributed by atoms with Gasteiger partial charge in [-0.15, -0.1) is 0 Å². The third-order valence-electron chi connectivity index (χ3n) is 10.4. The van der Waals surface area contributed by atoms with Crippen LogP contribution in [0.15, 0.2) is 54.5 Å². The van der Waals surface area contributed by atoms with Crippen molar-refractivity contribution < 1.29 is 23.8 Å². The number of pyridine rings is 1. The average molecular weight is 684 g/mol. The van der Waals surface area contributed by atoms with Gasteiger partial charge in [-0.3, -0.25) is 14.5 Å². The largest absolute Gasteiger partial charge is 0.392 e. The Kier molecular flexibility index (Phi) is 9.76. The van der Waals surface area contributed by atoms with Crippen molar-refractivity contribution in [3.63, 3.8) is 0 Å². The number of rotatable bonds is 10. The van der Waals surface area contributed by atoms with Crippen molar-refractivity contribution in [2.24, 2.45) is 0 Å². The van der Waals surface area contributed by atoms with Crippen LogP contribution >= 0.6 is 0 Å². The molecule has 264 valence electrons. The van der Waals surface area contributed by atoms with Gasteiger partial charge >= 0.3 is 0 Å². The summed E-state index contributed by atoms with van der Waals surface area (Å²) in [7, 11) is 3.65. The smallest absolute Gasteiger partial charge is 0.274 e. The fraction of sp³-hybridized carbons (Fsp3) is 0.447. The number of carbonyl (C=O) groups excluding carboxylic acids is 2. The highest BCUT2D eigenvalue weighted by atomic mass is 19.1. The second-order valence-corrected chi connectivity index (χ2v) is 13.9. The second-order valence-electron chi connectivity index (χ2n) is 13.9. The number of halogens is 1. The van der Waals surface area contributed by atoms with E-state index in [-0.39, 0.29) is 11.6 Å². The number of nitrogens with zero attached hydrogens (tertiary/aromatic N) is 6. The van der Waals surface area contributed by atoms with Crippen LogP contribution in [0.3, 0.4) is 0 Å². The van der Waals surface area contributed by atoms with Gasteiger partial charge < -0.3 is 34.4 Å². The Morgan fingerprint density at radius 3 is 2.62 bits per heavy atom. The number of benzene rings is 1. The number of amides is 1. The Morgan fingerprint density at radius 2 is 1.94 bits per heavy atom. The van der Waals surface area contributed by atoms with Gasteiger partial charge in [0.05, 0.1) is 49.1 Å². The van der Waals surface area contributed by atoms with Crippen LogP contribution in [0.2, 0.25) is 0 Å². The minimum atomic E-state index is -0.549. The maximum Gasteiger partial charge on any atom is 0.274 e. The number of hydrogen-bond acceptors (Lipinski definition) is 9. The van der Waals surface area contributed by atoms with E-state index in [2.05, 4.69) is 31.6 Å². The highest BCUT2D eigenvalue weighted by Crippen LogP contribution is 2.36. The van der Waals surface area contributed by atoms with Crippen LogP contribution in [-0.2, 0) is 35.5 Å². The molecule has 3 aliphatic heterocycles. The molecule has 4 aliphatic rings. The molecule has 1 amide bonds. The molecule has 1 unspecified atom stereocenters. The Balaban J connectivity index is 1.13. The minimum Gasteiger partial charge on any atom is -0.392 e. The molecule has 2 saturated heterocycles. The van der Waals surface area contributed by atoms with Crippen molar-refractivity contribution in [1.29, 1.82) is 0 Å². The Hall–Kier alpha value is -4.52. The van der Waals surface area contributed by atoms with Crippen molar-refractivity contribution in [3.8, 4) is 0 Å². The lowest BCUT2D eigenvalue weighted by Crippen LogP contribution is -2.60. The predicted octanol–water partition coefficient (Wildman–Crippen LogP) is 4.06. The Morgan fingerprint density at radius 1 is 1.12 bits per heavy atom. The topological polar surface area (TPSA) is 106 Å². The standard InChI is InChI=1S/C38H46FN7O4/c1-25-19-43(10-11-44(25)31-23-50-24-31)30-8-9-37(40-18-30)41-29(21-47)14-27(20-42(2)3)32-16-28(39)17-35(33(32)22-48)46-13-12-45-34-7-5-4-6-26(34)15-36(45)38(46)49/h8-9,14-18,20-21,25,31,48H,4-7,10-13,19,22-24H2,1-3H3,(H,40,41)/b27-20+,29-14+. The molecule has 3 aromatic rings. The lowest BCUT2D eigenvalue weighted by Gasteiger charge is -2.47. The number of aryl methyl sites for hydroxylation is 1. The average Bonchev–Trinajstić information content (AvgIpc) is 3.47. The zero-order chi connectivity index (χ0) is 34.9. The number of hydrogen-bond donors (Lipinski definition) is 2. The van der Waals surface area contributed by atoms with E-state index >= 15 is 4.39 Å². The normalized spacial score (nSPS) is 20.3. The summed E-state index contributed by atoms with van der Waals surface area (Å²) >= 11 is 0. The third kappa shape index (κ3) is 6.67. The van der Waals surface area contributed by atoms with Crippen LogP contribution in [0.1, 0.15) is 52.6 Å². The first-order valence-electron chi connectivity index (χ1n) is 17.6. The monoisotopic (exact) mass is 683 g/mol. The fourth-order valence-corrected chi connectivity index (χ4v) is 7.84. The van der Waals surface area contributed by atoms with Crippen molar-refractivity contribution in [2.45, 2.75) is 57.8 Å². The van der Waals surface area contributed by atoms with Gasteiger partial charge in [0.15, 0.2) is 6.29 Å². The number of piperazine rings is 1. The Bertz CT molecular complexity index is 1810. The van der Waals surface area contributed by atoms with Crippen molar-refractivity contribution in [1.82, 2.24) is 19.4 Å². The molecule has 0 bridgehead atoms. The van der Waals surface area contributed by atoms with E-state index in [1.165, 1.54) is 23.4 Å². The number of fused-ring (bicyclic) bond motifs is 3. The van der Waals surface area contributed by atoms with Gasteiger partial charge in [-0.25, -0.2) is 9.37 Å². The van der Waals surface area contributed by atoms with Crippen molar-refractivity contribution in [3.05, 3.63) is 88.4 Å². The number of aldehydes is 1. The molecule has 7 rings (SSSR count). The van der Waals surface area contributed by atoms with Crippen LogP contribution in [0, 0.1) is 5.82 Å². The number of carbonyl (C=O) groups is 2. The number of nitrogens with one attached hydrogen (secondary N) is 1. The van der Waals surface area contributed by atoms with Crippen molar-refractivity contribution in [2.75, 3.05) is 68.6 Å². The summed E-state index contributed by atoms with van der Waals surface area (Å²) in [4.78, 5) is 39.1. The summed E-state index contributed by atoms with van der Waals surface area (Å²) in [6.45, 7) is 7.14. The fourth-order valence-electron chi connectivity index (χ4n) is 7.84. The molecule has 12 heteroatoms. The zero-order valence-corrected chi connectivity index (χ0v) is 29.1. The summed E-state index contributed by atoms with van der Waals surface area (Å²) in [5.74, 6) is -0.270. The molecule has 2 aromatic heterocycles. The number of aliphatic hydroxyl groups is 1. The summed E-state index contributed by atoms with van der Waals surface area (Å²) in [5, 5.41) is 13.8. The van der Waals surface area contributed by atoms with Gasteiger partial charge in [-0.1, -0.05) is 0 Å². The SMILES string of the molecule is CC1CN(c2ccc(N/C(C=O)=C/C(=C\N(C)C)c3cc(F)cc(N4CCn5c(cc6c5CCCC6)C4=O)c3CO)nc2)CCN1C1COC1. The molecular weight excluding hydrogens is 637 g/mol. The first kappa shape index (κ1) is 34.0.